The summed E-state index contributed by atoms with van der Waals surface area (Å²) in [4.78, 5) is 30.0. The molecular weight excluding hydrogens is 502 g/mol. The van der Waals surface area contributed by atoms with Crippen molar-refractivity contribution >= 4 is 29.3 Å². The Kier molecular flexibility index (Phi) is 8.45. The Balaban J connectivity index is 1.54. The van der Waals surface area contributed by atoms with E-state index in [0.717, 1.165) is 11.1 Å². The summed E-state index contributed by atoms with van der Waals surface area (Å²) in [5, 5.41) is 22.1. The first-order valence-corrected chi connectivity index (χ1v) is 12.8. The lowest BCUT2D eigenvalue weighted by Gasteiger charge is -2.31. The molecule has 1 aliphatic rings. The van der Waals surface area contributed by atoms with Crippen molar-refractivity contribution in [2.75, 3.05) is 6.61 Å². The summed E-state index contributed by atoms with van der Waals surface area (Å²) in [6.45, 7) is 3.37. The van der Waals surface area contributed by atoms with Crippen LogP contribution >= 0.6 is 11.6 Å². The van der Waals surface area contributed by atoms with Gasteiger partial charge >= 0.3 is 11.9 Å². The van der Waals surface area contributed by atoms with E-state index in [9.17, 15) is 19.8 Å². The van der Waals surface area contributed by atoms with Gasteiger partial charge in [0, 0.05) is 22.3 Å². The molecule has 38 heavy (non-hydrogen) atoms. The number of nitrogens with zero attached hydrogens (tertiary/aromatic N) is 1. The number of aliphatic carboxylic acids is 1. The molecule has 2 N–H and O–H groups in total. The van der Waals surface area contributed by atoms with E-state index in [1.54, 1.807) is 38.1 Å². The summed E-state index contributed by atoms with van der Waals surface area (Å²) in [6, 6.07) is 25.6. The summed E-state index contributed by atoms with van der Waals surface area (Å²) in [7, 11) is 0. The van der Waals surface area contributed by atoms with Gasteiger partial charge in [0.25, 0.3) is 0 Å². The van der Waals surface area contributed by atoms with Gasteiger partial charge in [0.05, 0.1) is 12.2 Å². The fourth-order valence-electron chi connectivity index (χ4n) is 5.14. The summed E-state index contributed by atoms with van der Waals surface area (Å²) < 4.78 is 5.66. The number of carboxylic acids is 1. The highest BCUT2D eigenvalue weighted by Gasteiger charge is 2.41. The third kappa shape index (κ3) is 5.72. The molecule has 0 saturated carbocycles. The molecule has 3 aromatic carbocycles. The maximum absolute atomic E-state index is 13.4. The van der Waals surface area contributed by atoms with Gasteiger partial charge in [-0.15, -0.1) is 0 Å². The minimum Gasteiger partial charge on any atom is -0.481 e. The van der Waals surface area contributed by atoms with Gasteiger partial charge in [-0.2, -0.15) is 0 Å². The zero-order valence-corrected chi connectivity index (χ0v) is 22.1. The number of aliphatic hydroxyl groups is 1. The molecule has 0 bridgehead atoms. The van der Waals surface area contributed by atoms with Crippen molar-refractivity contribution in [3.63, 3.8) is 0 Å². The Morgan fingerprint density at radius 1 is 0.947 bits per heavy atom. The maximum atomic E-state index is 13.4. The molecular formula is C31H30ClNO5. The maximum Gasteiger partial charge on any atom is 0.336 e. The van der Waals surface area contributed by atoms with Gasteiger partial charge in [0.15, 0.2) is 0 Å². The molecule has 0 saturated heterocycles. The Morgan fingerprint density at radius 3 is 2.11 bits per heavy atom. The van der Waals surface area contributed by atoms with Crippen molar-refractivity contribution in [2.24, 2.45) is 10.9 Å². The highest BCUT2D eigenvalue weighted by molar-refractivity contribution is 6.30. The van der Waals surface area contributed by atoms with Crippen LogP contribution in [0.15, 0.2) is 101 Å². The molecule has 2 atom stereocenters. The zero-order chi connectivity index (χ0) is 27.3. The van der Waals surface area contributed by atoms with Crippen LogP contribution in [-0.2, 0) is 19.9 Å². The number of carbonyl (C=O) groups is 2. The number of aliphatic imine (C=N–C) groups is 1. The first kappa shape index (κ1) is 27.3. The normalized spacial score (nSPS) is 17.6. The van der Waals surface area contributed by atoms with E-state index >= 15 is 0 Å². The lowest BCUT2D eigenvalue weighted by atomic mass is 9.75. The van der Waals surface area contributed by atoms with E-state index < -0.39 is 29.4 Å². The Labute approximate surface area is 227 Å². The number of esters is 1. The molecule has 0 fully saturated rings. The molecule has 0 aliphatic carbocycles. The van der Waals surface area contributed by atoms with E-state index in [2.05, 4.69) is 4.99 Å². The molecule has 2 unspecified atom stereocenters. The number of rotatable bonds is 9. The van der Waals surface area contributed by atoms with Gasteiger partial charge in [-0.05, 0) is 55.5 Å². The van der Waals surface area contributed by atoms with E-state index in [4.69, 9.17) is 16.3 Å². The number of allylic oxidation sites excluding steroid dienone is 1. The standard InChI is InChI=1S/C31H30ClNO5/c1-20-26(29(34)35)28(22-11-9-16-25(32)19-22)27(21(2)33-20)30(36)38-18-10-17-31(37,23-12-5-3-6-13-23)24-14-7-4-8-15-24/h3-9,11-16,19,26,28,37H,10,17-18H2,1-2H3,(H,34,35). The smallest absolute Gasteiger partial charge is 0.336 e. The molecule has 1 heterocycles. The highest BCUT2D eigenvalue weighted by Crippen LogP contribution is 2.40. The van der Waals surface area contributed by atoms with Crippen LogP contribution < -0.4 is 0 Å². The molecule has 0 aromatic heterocycles. The summed E-state index contributed by atoms with van der Waals surface area (Å²) in [5.41, 5.74) is 1.87. The van der Waals surface area contributed by atoms with Crippen molar-refractivity contribution in [2.45, 2.75) is 38.2 Å². The third-order valence-electron chi connectivity index (χ3n) is 6.94. The molecule has 1 aliphatic heterocycles. The van der Waals surface area contributed by atoms with E-state index in [1.165, 1.54) is 0 Å². The topological polar surface area (TPSA) is 96.2 Å². The molecule has 7 heteroatoms. The predicted octanol–water partition coefficient (Wildman–Crippen LogP) is 6.13. The first-order valence-electron chi connectivity index (χ1n) is 12.5. The molecule has 0 radical (unpaired) electrons. The zero-order valence-electron chi connectivity index (χ0n) is 21.3. The van der Waals surface area contributed by atoms with Gasteiger partial charge in [-0.1, -0.05) is 84.4 Å². The van der Waals surface area contributed by atoms with Crippen LogP contribution in [0.5, 0.6) is 0 Å². The Morgan fingerprint density at radius 2 is 1.55 bits per heavy atom. The van der Waals surface area contributed by atoms with Gasteiger partial charge in [0.1, 0.15) is 11.5 Å². The van der Waals surface area contributed by atoms with E-state index in [0.29, 0.717) is 34.8 Å². The molecule has 6 nitrogen and oxygen atoms in total. The number of benzene rings is 3. The SMILES string of the molecule is CC1=NC(C)=C(C(=O)OCCCC(O)(c2ccccc2)c2ccccc2)C(c2cccc(Cl)c2)C1C(=O)O. The number of carboxylic acid groups (broad SMARTS) is 1. The second-order valence-electron chi connectivity index (χ2n) is 9.43. The number of hydrogen-bond donors (Lipinski definition) is 2. The Hall–Kier alpha value is -3.74. The average Bonchev–Trinajstić information content (AvgIpc) is 2.91. The van der Waals surface area contributed by atoms with Crippen LogP contribution in [0.25, 0.3) is 0 Å². The van der Waals surface area contributed by atoms with Gasteiger partial charge in [0.2, 0.25) is 0 Å². The van der Waals surface area contributed by atoms with Crippen molar-refractivity contribution in [1.82, 2.24) is 0 Å². The lowest BCUT2D eigenvalue weighted by molar-refractivity contribution is -0.141. The van der Waals surface area contributed by atoms with Crippen molar-refractivity contribution in [3.05, 3.63) is 118 Å². The van der Waals surface area contributed by atoms with Crippen LogP contribution in [0.1, 0.15) is 49.3 Å². The minimum absolute atomic E-state index is 0.0420. The highest BCUT2D eigenvalue weighted by atomic mass is 35.5. The molecule has 4 rings (SSSR count). The Bertz CT molecular complexity index is 1330. The van der Waals surface area contributed by atoms with Gasteiger partial charge in [-0.25, -0.2) is 4.79 Å². The van der Waals surface area contributed by atoms with E-state index in [1.807, 2.05) is 60.7 Å². The summed E-state index contributed by atoms with van der Waals surface area (Å²) in [5.74, 6) is -3.52. The second kappa shape index (κ2) is 11.8. The van der Waals surface area contributed by atoms with Crippen LogP contribution in [0, 0.1) is 5.92 Å². The second-order valence-corrected chi connectivity index (χ2v) is 9.87. The average molecular weight is 532 g/mol. The van der Waals surface area contributed by atoms with Gasteiger partial charge in [-0.3, -0.25) is 9.79 Å². The molecule has 0 spiro atoms. The first-order chi connectivity index (χ1) is 18.2. The minimum atomic E-state index is -1.26. The lowest BCUT2D eigenvalue weighted by Crippen LogP contribution is -2.35. The number of halogens is 1. The number of ether oxygens (including phenoxy) is 1. The number of hydrogen-bond acceptors (Lipinski definition) is 5. The molecule has 0 amide bonds. The number of carbonyl (C=O) groups excluding carboxylic acids is 1. The fraction of sp³-hybridized carbons (Fsp3) is 0.258. The quantitative estimate of drug-likeness (QED) is 0.256. The fourth-order valence-corrected chi connectivity index (χ4v) is 5.33. The van der Waals surface area contributed by atoms with Gasteiger partial charge < -0.3 is 14.9 Å². The summed E-state index contributed by atoms with van der Waals surface area (Å²) >= 11 is 6.20. The monoisotopic (exact) mass is 531 g/mol. The third-order valence-corrected chi connectivity index (χ3v) is 7.18. The predicted molar refractivity (Wildman–Crippen MR) is 147 cm³/mol. The van der Waals surface area contributed by atoms with Crippen LogP contribution in [0.4, 0.5) is 0 Å². The molecule has 3 aromatic rings. The molecule has 196 valence electrons. The van der Waals surface area contributed by atoms with Crippen LogP contribution in [0.2, 0.25) is 5.02 Å². The van der Waals surface area contributed by atoms with E-state index in [-0.39, 0.29) is 12.2 Å². The van der Waals surface area contributed by atoms with Crippen molar-refractivity contribution in [1.29, 1.82) is 0 Å². The van der Waals surface area contributed by atoms with Crippen molar-refractivity contribution in [3.8, 4) is 0 Å². The largest absolute Gasteiger partial charge is 0.481 e. The summed E-state index contributed by atoms with van der Waals surface area (Å²) in [6.07, 6.45) is 0.698. The van der Waals surface area contributed by atoms with Crippen LogP contribution in [-0.4, -0.2) is 34.5 Å². The van der Waals surface area contributed by atoms with Crippen molar-refractivity contribution < 1.29 is 24.5 Å². The van der Waals surface area contributed by atoms with Crippen LogP contribution in [0.3, 0.4) is 0 Å².